The molecule has 2 aromatic rings. The lowest BCUT2D eigenvalue weighted by molar-refractivity contribution is -0.117. The number of carbonyl (C=O) groups excluding carboxylic acids is 2. The number of carbonyl (C=O) groups is 2. The Labute approximate surface area is 166 Å². The second-order valence-corrected chi connectivity index (χ2v) is 7.75. The quantitative estimate of drug-likeness (QED) is 0.723. The fourth-order valence-corrected chi connectivity index (χ4v) is 3.04. The highest BCUT2D eigenvalue weighted by Gasteiger charge is 2.39. The van der Waals surface area contributed by atoms with Crippen molar-refractivity contribution in [3.8, 4) is 0 Å². The molecule has 1 fully saturated rings. The largest absolute Gasteiger partial charge is 0.374 e. The first kappa shape index (κ1) is 20.1. The van der Waals surface area contributed by atoms with Crippen LogP contribution in [0.1, 0.15) is 48.7 Å². The lowest BCUT2D eigenvalue weighted by Gasteiger charge is -2.10. The first-order valence-electron chi connectivity index (χ1n) is 9.81. The Bertz CT molecular complexity index is 847. The van der Waals surface area contributed by atoms with Gasteiger partial charge in [0.1, 0.15) is 0 Å². The third-order valence-corrected chi connectivity index (χ3v) is 4.87. The smallest absolute Gasteiger partial charge is 0.251 e. The average molecular weight is 380 g/mol. The molecule has 0 spiro atoms. The predicted octanol–water partition coefficient (Wildman–Crippen LogP) is 4.14. The summed E-state index contributed by atoms with van der Waals surface area (Å²) in [6, 6.07) is 15.0. The third-order valence-electron chi connectivity index (χ3n) is 4.87. The Morgan fingerprint density at radius 1 is 1.11 bits per heavy atom. The highest BCUT2D eigenvalue weighted by Crippen LogP contribution is 2.38. The highest BCUT2D eigenvalue weighted by atomic mass is 16.5. The van der Waals surface area contributed by atoms with Gasteiger partial charge in [-0.1, -0.05) is 37.3 Å². The number of benzene rings is 2. The molecule has 0 aliphatic heterocycles. The van der Waals surface area contributed by atoms with Crippen LogP contribution in [0, 0.1) is 11.8 Å². The van der Waals surface area contributed by atoms with E-state index < -0.39 is 0 Å². The zero-order chi connectivity index (χ0) is 20.1. The van der Waals surface area contributed by atoms with Crippen LogP contribution in [0.2, 0.25) is 0 Å². The van der Waals surface area contributed by atoms with Crippen molar-refractivity contribution >= 4 is 17.5 Å². The molecule has 28 heavy (non-hydrogen) atoms. The van der Waals surface area contributed by atoms with Gasteiger partial charge < -0.3 is 15.4 Å². The molecule has 0 bridgehead atoms. The molecule has 2 unspecified atom stereocenters. The molecule has 1 aliphatic carbocycles. The van der Waals surface area contributed by atoms with E-state index in [1.54, 1.807) is 24.3 Å². The molecule has 1 saturated carbocycles. The summed E-state index contributed by atoms with van der Waals surface area (Å²) in [7, 11) is 0. The van der Waals surface area contributed by atoms with E-state index in [1.165, 1.54) is 0 Å². The number of nitrogens with one attached hydrogen (secondary N) is 2. The van der Waals surface area contributed by atoms with Gasteiger partial charge in [-0.15, -0.1) is 0 Å². The van der Waals surface area contributed by atoms with E-state index in [-0.39, 0.29) is 23.8 Å². The van der Waals surface area contributed by atoms with E-state index in [1.807, 2.05) is 38.1 Å². The second kappa shape index (κ2) is 9.02. The fourth-order valence-electron chi connectivity index (χ4n) is 3.04. The standard InChI is InChI=1S/C23H28N2O3/c1-15(2)28-14-18-7-4-6-17(11-18)13-24-22(26)19-8-5-9-20(12-19)25-23(27)21-10-16(21)3/h4-9,11-12,15-16,21H,10,13-14H2,1-3H3,(H,24,26)(H,25,27). The molecule has 2 amide bonds. The third kappa shape index (κ3) is 5.67. The molecule has 2 aromatic carbocycles. The number of anilines is 1. The first-order chi connectivity index (χ1) is 13.4. The molecule has 2 N–H and O–H groups in total. The zero-order valence-corrected chi connectivity index (χ0v) is 16.7. The average Bonchev–Trinajstić information content (AvgIpc) is 3.42. The van der Waals surface area contributed by atoms with E-state index in [4.69, 9.17) is 4.74 Å². The van der Waals surface area contributed by atoms with Crippen LogP contribution >= 0.6 is 0 Å². The molecule has 5 nitrogen and oxygen atoms in total. The zero-order valence-electron chi connectivity index (χ0n) is 16.7. The van der Waals surface area contributed by atoms with Crippen LogP contribution < -0.4 is 10.6 Å². The molecule has 2 atom stereocenters. The second-order valence-electron chi connectivity index (χ2n) is 7.75. The minimum Gasteiger partial charge on any atom is -0.374 e. The van der Waals surface area contributed by atoms with Crippen molar-refractivity contribution in [3.63, 3.8) is 0 Å². The normalized spacial score (nSPS) is 18.0. The van der Waals surface area contributed by atoms with Gasteiger partial charge in [0.25, 0.3) is 5.91 Å². The van der Waals surface area contributed by atoms with Gasteiger partial charge in [0.15, 0.2) is 0 Å². The van der Waals surface area contributed by atoms with Crippen LogP contribution in [0.3, 0.4) is 0 Å². The van der Waals surface area contributed by atoms with E-state index in [0.29, 0.717) is 30.3 Å². The Hall–Kier alpha value is -2.66. The van der Waals surface area contributed by atoms with Gasteiger partial charge in [0.2, 0.25) is 5.91 Å². The van der Waals surface area contributed by atoms with Crippen molar-refractivity contribution in [3.05, 3.63) is 65.2 Å². The lowest BCUT2D eigenvalue weighted by atomic mass is 10.1. The molecule has 0 aromatic heterocycles. The number of hydrogen-bond acceptors (Lipinski definition) is 3. The van der Waals surface area contributed by atoms with Crippen LogP contribution in [0.4, 0.5) is 5.69 Å². The Balaban J connectivity index is 1.55. The molecule has 0 heterocycles. The minimum absolute atomic E-state index is 0.0329. The molecule has 148 valence electrons. The predicted molar refractivity (Wildman–Crippen MR) is 110 cm³/mol. The molecule has 0 radical (unpaired) electrons. The minimum atomic E-state index is -0.167. The maximum atomic E-state index is 12.5. The Morgan fingerprint density at radius 3 is 2.54 bits per heavy atom. The number of ether oxygens (including phenoxy) is 1. The molecular formula is C23H28N2O3. The van der Waals surface area contributed by atoms with E-state index >= 15 is 0 Å². The first-order valence-corrected chi connectivity index (χ1v) is 9.81. The molecule has 1 aliphatic rings. The van der Waals surface area contributed by atoms with Crippen LogP contribution in [-0.2, 0) is 22.7 Å². The maximum absolute atomic E-state index is 12.5. The molecule has 5 heteroatoms. The summed E-state index contributed by atoms with van der Waals surface area (Å²) in [6.07, 6.45) is 1.12. The van der Waals surface area contributed by atoms with Crippen molar-refractivity contribution in [2.24, 2.45) is 11.8 Å². The van der Waals surface area contributed by atoms with Crippen molar-refractivity contribution < 1.29 is 14.3 Å². The molecule has 3 rings (SSSR count). The summed E-state index contributed by atoms with van der Waals surface area (Å²) in [5, 5.41) is 5.84. The fraction of sp³-hybridized carbons (Fsp3) is 0.391. The topological polar surface area (TPSA) is 67.4 Å². The van der Waals surface area contributed by atoms with E-state index in [0.717, 1.165) is 17.5 Å². The molecule has 0 saturated heterocycles. The van der Waals surface area contributed by atoms with Crippen molar-refractivity contribution in [1.82, 2.24) is 5.32 Å². The van der Waals surface area contributed by atoms with Crippen LogP contribution in [0.5, 0.6) is 0 Å². The number of hydrogen-bond donors (Lipinski definition) is 2. The maximum Gasteiger partial charge on any atom is 0.251 e. The number of rotatable bonds is 8. The van der Waals surface area contributed by atoms with Gasteiger partial charge in [0.05, 0.1) is 12.7 Å². The van der Waals surface area contributed by atoms with Gasteiger partial charge in [0, 0.05) is 23.7 Å². The summed E-state index contributed by atoms with van der Waals surface area (Å²) >= 11 is 0. The summed E-state index contributed by atoms with van der Waals surface area (Å²) in [4.78, 5) is 24.6. The van der Waals surface area contributed by atoms with Gasteiger partial charge >= 0.3 is 0 Å². The summed E-state index contributed by atoms with van der Waals surface area (Å²) in [5.74, 6) is 0.419. The Morgan fingerprint density at radius 2 is 1.82 bits per heavy atom. The van der Waals surface area contributed by atoms with Crippen LogP contribution in [-0.4, -0.2) is 17.9 Å². The van der Waals surface area contributed by atoms with Crippen LogP contribution in [0.25, 0.3) is 0 Å². The van der Waals surface area contributed by atoms with E-state index in [9.17, 15) is 9.59 Å². The van der Waals surface area contributed by atoms with Crippen molar-refractivity contribution in [2.75, 3.05) is 5.32 Å². The van der Waals surface area contributed by atoms with Crippen molar-refractivity contribution in [2.45, 2.75) is 46.4 Å². The monoisotopic (exact) mass is 380 g/mol. The SMILES string of the molecule is CC(C)OCc1cccc(CNC(=O)c2cccc(NC(=O)C3CC3C)c2)c1. The van der Waals surface area contributed by atoms with Gasteiger partial charge in [-0.3, -0.25) is 9.59 Å². The summed E-state index contributed by atoms with van der Waals surface area (Å²) in [6.45, 7) is 7.07. The molecular weight excluding hydrogens is 352 g/mol. The lowest BCUT2D eigenvalue weighted by Crippen LogP contribution is -2.23. The summed E-state index contributed by atoms with van der Waals surface area (Å²) < 4.78 is 5.63. The van der Waals surface area contributed by atoms with Gasteiger partial charge in [-0.2, -0.15) is 0 Å². The number of amides is 2. The van der Waals surface area contributed by atoms with Gasteiger partial charge in [-0.05, 0) is 55.5 Å². The highest BCUT2D eigenvalue weighted by molar-refractivity contribution is 5.98. The van der Waals surface area contributed by atoms with Gasteiger partial charge in [-0.25, -0.2) is 0 Å². The summed E-state index contributed by atoms with van der Waals surface area (Å²) in [5.41, 5.74) is 3.29. The van der Waals surface area contributed by atoms with E-state index in [2.05, 4.69) is 17.6 Å². The Kier molecular flexibility index (Phi) is 6.47. The van der Waals surface area contributed by atoms with Crippen molar-refractivity contribution in [1.29, 1.82) is 0 Å². The van der Waals surface area contributed by atoms with Crippen LogP contribution in [0.15, 0.2) is 48.5 Å².